The molecule has 0 saturated carbocycles. The Labute approximate surface area is 178 Å². The Hall–Kier alpha value is -2.99. The monoisotopic (exact) mass is 455 g/mol. The lowest BCUT2D eigenvalue weighted by molar-refractivity contribution is 0.102. The number of carbonyl (C=O) groups is 1. The lowest BCUT2D eigenvalue weighted by Crippen LogP contribution is -2.15. The van der Waals surface area contributed by atoms with Gasteiger partial charge in [0, 0.05) is 17.0 Å². The van der Waals surface area contributed by atoms with Crippen molar-refractivity contribution in [3.05, 3.63) is 82.3 Å². The van der Waals surface area contributed by atoms with E-state index in [2.05, 4.69) is 21.2 Å². The molecule has 0 spiro atoms. The van der Waals surface area contributed by atoms with Crippen LogP contribution in [0.15, 0.2) is 71.2 Å². The van der Waals surface area contributed by atoms with Gasteiger partial charge in [0.1, 0.15) is 17.2 Å². The first-order chi connectivity index (χ1) is 14.1. The fourth-order valence-electron chi connectivity index (χ4n) is 2.83. The zero-order chi connectivity index (χ0) is 20.6. The number of benzene rings is 3. The van der Waals surface area contributed by atoms with Gasteiger partial charge in [-0.25, -0.2) is 0 Å². The third kappa shape index (κ3) is 5.51. The summed E-state index contributed by atoms with van der Waals surface area (Å²) in [6, 6.07) is 20.7. The van der Waals surface area contributed by atoms with Gasteiger partial charge < -0.3 is 19.5 Å². The van der Waals surface area contributed by atoms with Crippen LogP contribution in [0.1, 0.15) is 15.9 Å². The van der Waals surface area contributed by atoms with E-state index < -0.39 is 0 Å². The first-order valence-corrected chi connectivity index (χ1v) is 9.89. The number of carbonyl (C=O) groups excluding carboxylic acids is 1. The Morgan fingerprint density at radius 3 is 2.41 bits per heavy atom. The SMILES string of the molecule is COc1ccc(OC)c(NC(=O)c2cc(Br)ccc2OCCc2ccccc2)c1. The summed E-state index contributed by atoms with van der Waals surface area (Å²) in [5.41, 5.74) is 2.13. The molecule has 1 amide bonds. The molecule has 0 radical (unpaired) electrons. The normalized spacial score (nSPS) is 10.3. The topological polar surface area (TPSA) is 56.8 Å². The number of amides is 1. The van der Waals surface area contributed by atoms with E-state index in [0.29, 0.717) is 35.1 Å². The zero-order valence-corrected chi connectivity index (χ0v) is 17.9. The number of hydrogen-bond acceptors (Lipinski definition) is 4. The molecule has 3 aromatic rings. The average molecular weight is 456 g/mol. The molecule has 0 unspecified atom stereocenters. The van der Waals surface area contributed by atoms with Crippen molar-refractivity contribution in [1.82, 2.24) is 0 Å². The third-order valence-corrected chi connectivity index (χ3v) is 4.83. The van der Waals surface area contributed by atoms with Crippen LogP contribution >= 0.6 is 15.9 Å². The van der Waals surface area contributed by atoms with E-state index in [1.54, 1.807) is 44.6 Å². The van der Waals surface area contributed by atoms with E-state index >= 15 is 0 Å². The van der Waals surface area contributed by atoms with Gasteiger partial charge in [0.25, 0.3) is 5.91 Å². The molecule has 6 heteroatoms. The fraction of sp³-hybridized carbons (Fsp3) is 0.174. The van der Waals surface area contributed by atoms with Gasteiger partial charge >= 0.3 is 0 Å². The lowest BCUT2D eigenvalue weighted by Gasteiger charge is -2.14. The van der Waals surface area contributed by atoms with Crippen molar-refractivity contribution >= 4 is 27.5 Å². The van der Waals surface area contributed by atoms with E-state index in [1.165, 1.54) is 5.56 Å². The first-order valence-electron chi connectivity index (χ1n) is 9.10. The molecule has 0 aliphatic rings. The highest BCUT2D eigenvalue weighted by Crippen LogP contribution is 2.31. The molecule has 1 N–H and O–H groups in total. The van der Waals surface area contributed by atoms with Crippen molar-refractivity contribution in [3.8, 4) is 17.2 Å². The van der Waals surface area contributed by atoms with Crippen LogP contribution in [0.4, 0.5) is 5.69 Å². The minimum Gasteiger partial charge on any atom is -0.497 e. The van der Waals surface area contributed by atoms with Crippen LogP contribution in [0.5, 0.6) is 17.2 Å². The van der Waals surface area contributed by atoms with E-state index in [4.69, 9.17) is 14.2 Å². The van der Waals surface area contributed by atoms with Gasteiger partial charge in [-0.05, 0) is 35.9 Å². The summed E-state index contributed by atoms with van der Waals surface area (Å²) in [6.07, 6.45) is 0.752. The highest BCUT2D eigenvalue weighted by atomic mass is 79.9. The Balaban J connectivity index is 1.77. The summed E-state index contributed by atoms with van der Waals surface area (Å²) in [5, 5.41) is 2.88. The largest absolute Gasteiger partial charge is 0.497 e. The predicted molar refractivity (Wildman–Crippen MR) is 117 cm³/mol. The lowest BCUT2D eigenvalue weighted by atomic mass is 10.1. The average Bonchev–Trinajstić information content (AvgIpc) is 2.75. The summed E-state index contributed by atoms with van der Waals surface area (Å²) in [5.74, 6) is 1.38. The Morgan fingerprint density at radius 2 is 1.69 bits per heavy atom. The number of anilines is 1. The van der Waals surface area contributed by atoms with Crippen molar-refractivity contribution in [1.29, 1.82) is 0 Å². The Bertz CT molecular complexity index is 976. The van der Waals surface area contributed by atoms with Crippen LogP contribution in [-0.2, 0) is 6.42 Å². The molecule has 0 bridgehead atoms. The molecule has 0 heterocycles. The molecule has 0 aliphatic heterocycles. The summed E-state index contributed by atoms with van der Waals surface area (Å²) in [4.78, 5) is 13.0. The van der Waals surface area contributed by atoms with Crippen LogP contribution < -0.4 is 19.5 Å². The highest BCUT2D eigenvalue weighted by molar-refractivity contribution is 9.10. The quantitative estimate of drug-likeness (QED) is 0.497. The van der Waals surface area contributed by atoms with E-state index in [9.17, 15) is 4.79 Å². The maximum Gasteiger partial charge on any atom is 0.259 e. The van der Waals surface area contributed by atoms with Crippen molar-refractivity contribution in [2.45, 2.75) is 6.42 Å². The van der Waals surface area contributed by atoms with E-state index in [1.807, 2.05) is 36.4 Å². The Morgan fingerprint density at radius 1 is 0.931 bits per heavy atom. The van der Waals surface area contributed by atoms with Gasteiger partial charge in [-0.1, -0.05) is 46.3 Å². The van der Waals surface area contributed by atoms with Crippen molar-refractivity contribution < 1.29 is 19.0 Å². The molecular weight excluding hydrogens is 434 g/mol. The zero-order valence-electron chi connectivity index (χ0n) is 16.3. The number of ether oxygens (including phenoxy) is 3. The molecule has 0 fully saturated rings. The second kappa shape index (κ2) is 9.98. The van der Waals surface area contributed by atoms with Gasteiger partial charge in [-0.3, -0.25) is 4.79 Å². The number of rotatable bonds is 8. The maximum atomic E-state index is 13.0. The van der Waals surface area contributed by atoms with Crippen molar-refractivity contribution in [2.75, 3.05) is 26.1 Å². The van der Waals surface area contributed by atoms with Crippen molar-refractivity contribution in [3.63, 3.8) is 0 Å². The second-order valence-electron chi connectivity index (χ2n) is 6.24. The van der Waals surface area contributed by atoms with Gasteiger partial charge in [-0.15, -0.1) is 0 Å². The van der Waals surface area contributed by atoms with Crippen molar-refractivity contribution in [2.24, 2.45) is 0 Å². The summed E-state index contributed by atoms with van der Waals surface area (Å²) >= 11 is 3.43. The molecule has 0 aromatic heterocycles. The minimum atomic E-state index is -0.299. The van der Waals surface area contributed by atoms with Crippen LogP contribution in [0, 0.1) is 0 Å². The molecule has 0 atom stereocenters. The van der Waals surface area contributed by atoms with Gasteiger partial charge in [-0.2, -0.15) is 0 Å². The van der Waals surface area contributed by atoms with Crippen LogP contribution in [-0.4, -0.2) is 26.7 Å². The third-order valence-electron chi connectivity index (χ3n) is 4.33. The van der Waals surface area contributed by atoms with Crippen LogP contribution in [0.3, 0.4) is 0 Å². The molecule has 3 aromatic carbocycles. The number of methoxy groups -OCH3 is 2. The standard InChI is InChI=1S/C23H22BrNO4/c1-27-18-9-11-22(28-2)20(15-18)25-23(26)19-14-17(24)8-10-21(19)29-13-12-16-6-4-3-5-7-16/h3-11,14-15H,12-13H2,1-2H3,(H,25,26). The number of nitrogens with one attached hydrogen (secondary N) is 1. The first kappa shape index (κ1) is 20.7. The van der Waals surface area contributed by atoms with Gasteiger partial charge in [0.05, 0.1) is 32.1 Å². The summed E-state index contributed by atoms with van der Waals surface area (Å²) in [6.45, 7) is 0.467. The number of hydrogen-bond donors (Lipinski definition) is 1. The maximum absolute atomic E-state index is 13.0. The van der Waals surface area contributed by atoms with E-state index in [0.717, 1.165) is 10.9 Å². The Kier molecular flexibility index (Phi) is 7.14. The highest BCUT2D eigenvalue weighted by Gasteiger charge is 2.16. The second-order valence-corrected chi connectivity index (χ2v) is 7.16. The molecule has 29 heavy (non-hydrogen) atoms. The number of halogens is 1. The fourth-order valence-corrected chi connectivity index (χ4v) is 3.19. The molecule has 3 rings (SSSR count). The van der Waals surface area contributed by atoms with E-state index in [-0.39, 0.29) is 5.91 Å². The molecule has 0 saturated heterocycles. The summed E-state index contributed by atoms with van der Waals surface area (Å²) in [7, 11) is 3.12. The summed E-state index contributed by atoms with van der Waals surface area (Å²) < 4.78 is 17.3. The van der Waals surface area contributed by atoms with Crippen LogP contribution in [0.25, 0.3) is 0 Å². The van der Waals surface area contributed by atoms with Crippen LogP contribution in [0.2, 0.25) is 0 Å². The molecular formula is C23H22BrNO4. The molecule has 0 aliphatic carbocycles. The van der Waals surface area contributed by atoms with Gasteiger partial charge in [0.2, 0.25) is 0 Å². The smallest absolute Gasteiger partial charge is 0.259 e. The molecule has 150 valence electrons. The minimum absolute atomic E-state index is 0.299. The molecule has 5 nitrogen and oxygen atoms in total. The van der Waals surface area contributed by atoms with Gasteiger partial charge in [0.15, 0.2) is 0 Å². The predicted octanol–water partition coefficient (Wildman–Crippen LogP) is 5.34.